The number of nitrogens with two attached hydrogens (primary N) is 1. The third-order valence-corrected chi connectivity index (χ3v) is 3.25. The Hall–Kier alpha value is -1.35. The van der Waals surface area contributed by atoms with E-state index in [1.807, 2.05) is 37.4 Å². The lowest BCUT2D eigenvalue weighted by atomic mass is 10.0. The summed E-state index contributed by atoms with van der Waals surface area (Å²) in [6.07, 6.45) is 0.990. The van der Waals surface area contributed by atoms with E-state index in [1.165, 1.54) is 0 Å². The van der Waals surface area contributed by atoms with Gasteiger partial charge < -0.3 is 10.6 Å². The highest BCUT2D eigenvalue weighted by Gasteiger charge is 2.23. The lowest BCUT2D eigenvalue weighted by Crippen LogP contribution is -2.41. The van der Waals surface area contributed by atoms with Gasteiger partial charge in [-0.25, -0.2) is 0 Å². The highest BCUT2D eigenvalue weighted by molar-refractivity contribution is 5.83. The third kappa shape index (κ3) is 3.84. The smallest absolute Gasteiger partial charge is 0.244 e. The number of hydrogen-bond donors (Lipinski definition) is 1. The Morgan fingerprint density at radius 3 is 2.28 bits per heavy atom. The Morgan fingerprint density at radius 2 is 1.78 bits per heavy atom. The summed E-state index contributed by atoms with van der Waals surface area (Å²) in [5.41, 5.74) is 6.88. The molecule has 0 saturated carbocycles. The maximum atomic E-state index is 12.3. The van der Waals surface area contributed by atoms with Crippen LogP contribution in [0.3, 0.4) is 0 Å². The minimum atomic E-state index is -0.564. The molecule has 0 saturated heterocycles. The van der Waals surface area contributed by atoms with Crippen LogP contribution in [0.25, 0.3) is 0 Å². The summed E-state index contributed by atoms with van der Waals surface area (Å²) in [4.78, 5) is 14.0. The van der Waals surface area contributed by atoms with Crippen LogP contribution < -0.4 is 5.73 Å². The second kappa shape index (κ2) is 6.55. The van der Waals surface area contributed by atoms with Gasteiger partial charge in [0.1, 0.15) is 6.04 Å². The first-order chi connectivity index (χ1) is 8.43. The molecule has 18 heavy (non-hydrogen) atoms. The van der Waals surface area contributed by atoms with Crippen LogP contribution in [0.5, 0.6) is 0 Å². The lowest BCUT2D eigenvalue weighted by Gasteiger charge is -2.28. The van der Waals surface area contributed by atoms with Crippen LogP contribution in [-0.2, 0) is 4.79 Å². The zero-order chi connectivity index (χ0) is 13.7. The monoisotopic (exact) mass is 248 g/mol. The average molecular weight is 248 g/mol. The molecule has 0 aliphatic heterocycles. The number of benzene rings is 1. The predicted octanol–water partition coefficient (Wildman–Crippen LogP) is 2.58. The fourth-order valence-electron chi connectivity index (χ4n) is 2.08. The molecule has 0 fully saturated rings. The van der Waals surface area contributed by atoms with Crippen molar-refractivity contribution >= 4 is 5.91 Å². The lowest BCUT2D eigenvalue weighted by molar-refractivity contribution is -0.133. The van der Waals surface area contributed by atoms with Gasteiger partial charge in [0.15, 0.2) is 0 Å². The Labute approximate surface area is 110 Å². The molecule has 0 aliphatic carbocycles. The van der Waals surface area contributed by atoms with Crippen LogP contribution in [0.15, 0.2) is 30.3 Å². The van der Waals surface area contributed by atoms with Crippen LogP contribution in [0.2, 0.25) is 0 Å². The van der Waals surface area contributed by atoms with Crippen molar-refractivity contribution in [1.29, 1.82) is 0 Å². The van der Waals surface area contributed by atoms with E-state index in [0.29, 0.717) is 5.92 Å². The van der Waals surface area contributed by atoms with E-state index in [0.717, 1.165) is 12.0 Å². The zero-order valence-electron chi connectivity index (χ0n) is 11.8. The number of likely N-dealkylation sites (N-methyl/N-ethyl adjacent to an activating group) is 1. The number of hydrogen-bond acceptors (Lipinski definition) is 2. The zero-order valence-corrected chi connectivity index (χ0v) is 11.8. The number of nitrogens with zero attached hydrogens (tertiary/aromatic N) is 1. The Morgan fingerprint density at radius 1 is 1.22 bits per heavy atom. The van der Waals surface area contributed by atoms with Crippen LogP contribution in [0.1, 0.15) is 38.8 Å². The Kier molecular flexibility index (Phi) is 5.35. The summed E-state index contributed by atoms with van der Waals surface area (Å²) in [6, 6.07) is 9.16. The van der Waals surface area contributed by atoms with Crippen molar-refractivity contribution in [3.8, 4) is 0 Å². The maximum absolute atomic E-state index is 12.3. The van der Waals surface area contributed by atoms with Crippen molar-refractivity contribution < 1.29 is 4.79 Å². The van der Waals surface area contributed by atoms with Crippen molar-refractivity contribution in [2.75, 3.05) is 7.05 Å². The van der Waals surface area contributed by atoms with Crippen molar-refractivity contribution in [3.63, 3.8) is 0 Å². The summed E-state index contributed by atoms with van der Waals surface area (Å²) in [5, 5.41) is 0. The molecule has 0 aromatic heterocycles. The first-order valence-electron chi connectivity index (χ1n) is 6.50. The van der Waals surface area contributed by atoms with E-state index in [2.05, 4.69) is 20.8 Å². The van der Waals surface area contributed by atoms with E-state index >= 15 is 0 Å². The fraction of sp³-hybridized carbons (Fsp3) is 0.533. The first kappa shape index (κ1) is 14.7. The molecule has 3 heteroatoms. The van der Waals surface area contributed by atoms with Gasteiger partial charge in [-0.2, -0.15) is 0 Å². The molecule has 0 bridgehead atoms. The number of carbonyl (C=O) groups is 1. The summed E-state index contributed by atoms with van der Waals surface area (Å²) >= 11 is 0. The molecule has 2 atom stereocenters. The van der Waals surface area contributed by atoms with Crippen molar-refractivity contribution in [2.24, 2.45) is 11.7 Å². The van der Waals surface area contributed by atoms with Gasteiger partial charge in [0, 0.05) is 13.1 Å². The van der Waals surface area contributed by atoms with Crippen molar-refractivity contribution in [3.05, 3.63) is 35.9 Å². The highest BCUT2D eigenvalue weighted by atomic mass is 16.2. The molecule has 0 radical (unpaired) electrons. The molecule has 0 heterocycles. The average Bonchev–Trinajstić information content (AvgIpc) is 2.36. The van der Waals surface area contributed by atoms with Gasteiger partial charge in [0.05, 0.1) is 0 Å². The minimum absolute atomic E-state index is 0.0191. The van der Waals surface area contributed by atoms with Gasteiger partial charge in [-0.15, -0.1) is 0 Å². The highest BCUT2D eigenvalue weighted by Crippen LogP contribution is 2.16. The van der Waals surface area contributed by atoms with Gasteiger partial charge in [-0.1, -0.05) is 44.2 Å². The third-order valence-electron chi connectivity index (χ3n) is 3.25. The van der Waals surface area contributed by atoms with Gasteiger partial charge >= 0.3 is 0 Å². The largest absolute Gasteiger partial charge is 0.341 e. The van der Waals surface area contributed by atoms with Crippen LogP contribution in [-0.4, -0.2) is 23.9 Å². The van der Waals surface area contributed by atoms with Gasteiger partial charge in [0.25, 0.3) is 0 Å². The SMILES string of the molecule is CC(C)CC(C)N(C)C(=O)[C@@H](N)c1ccccc1. The Balaban J connectivity index is 2.69. The Bertz CT molecular complexity index is 375. The standard InChI is InChI=1S/C15H24N2O/c1-11(2)10-12(3)17(4)15(18)14(16)13-8-6-5-7-9-13/h5-9,11-12,14H,10,16H2,1-4H3/t12?,14-/m0/s1. The molecule has 100 valence electrons. The number of carbonyl (C=O) groups excluding carboxylic acids is 1. The van der Waals surface area contributed by atoms with E-state index in [9.17, 15) is 4.79 Å². The van der Waals surface area contributed by atoms with Gasteiger partial charge in [-0.05, 0) is 24.8 Å². The van der Waals surface area contributed by atoms with Crippen LogP contribution >= 0.6 is 0 Å². The summed E-state index contributed by atoms with van der Waals surface area (Å²) in [5.74, 6) is 0.553. The second-order valence-corrected chi connectivity index (χ2v) is 5.32. The van der Waals surface area contributed by atoms with E-state index < -0.39 is 6.04 Å². The predicted molar refractivity (Wildman–Crippen MR) is 75.1 cm³/mol. The maximum Gasteiger partial charge on any atom is 0.244 e. The molecule has 3 nitrogen and oxygen atoms in total. The molecule has 1 rings (SSSR count). The van der Waals surface area contributed by atoms with Crippen molar-refractivity contribution in [1.82, 2.24) is 4.90 Å². The number of amides is 1. The molecular weight excluding hydrogens is 224 g/mol. The molecular formula is C15H24N2O. The fourth-order valence-corrected chi connectivity index (χ4v) is 2.08. The number of rotatable bonds is 5. The van der Waals surface area contributed by atoms with Crippen LogP contribution in [0.4, 0.5) is 0 Å². The normalized spacial score (nSPS) is 14.3. The van der Waals surface area contributed by atoms with Crippen LogP contribution in [0, 0.1) is 5.92 Å². The molecule has 0 spiro atoms. The first-order valence-corrected chi connectivity index (χ1v) is 6.50. The molecule has 1 unspecified atom stereocenters. The molecule has 1 aromatic rings. The van der Waals surface area contributed by atoms with E-state index in [1.54, 1.807) is 4.90 Å². The second-order valence-electron chi connectivity index (χ2n) is 5.32. The molecule has 2 N–H and O–H groups in total. The van der Waals surface area contributed by atoms with E-state index in [4.69, 9.17) is 5.73 Å². The van der Waals surface area contributed by atoms with E-state index in [-0.39, 0.29) is 11.9 Å². The summed E-state index contributed by atoms with van der Waals surface area (Å²) < 4.78 is 0. The quantitative estimate of drug-likeness (QED) is 0.870. The van der Waals surface area contributed by atoms with Gasteiger partial charge in [-0.3, -0.25) is 4.79 Å². The minimum Gasteiger partial charge on any atom is -0.341 e. The molecule has 1 aromatic carbocycles. The summed E-state index contributed by atoms with van der Waals surface area (Å²) in [6.45, 7) is 6.38. The molecule has 0 aliphatic rings. The van der Waals surface area contributed by atoms with Gasteiger partial charge in [0.2, 0.25) is 5.91 Å². The van der Waals surface area contributed by atoms with Crippen molar-refractivity contribution in [2.45, 2.75) is 39.3 Å². The topological polar surface area (TPSA) is 46.3 Å². The summed E-state index contributed by atoms with van der Waals surface area (Å²) in [7, 11) is 1.83. The molecule has 1 amide bonds.